The summed E-state index contributed by atoms with van der Waals surface area (Å²) in [5.41, 5.74) is 0.769. The van der Waals surface area contributed by atoms with Crippen molar-refractivity contribution in [3.63, 3.8) is 0 Å². The Hall–Kier alpha value is -1.87. The van der Waals surface area contributed by atoms with Crippen LogP contribution in [0.2, 0.25) is 0 Å². The lowest BCUT2D eigenvalue weighted by Gasteiger charge is -2.11. The number of thioether (sulfide) groups is 1. The van der Waals surface area contributed by atoms with Crippen molar-refractivity contribution in [1.29, 1.82) is 0 Å². The summed E-state index contributed by atoms with van der Waals surface area (Å²) in [4.78, 5) is 21.1. The number of fused-ring (bicyclic) bond motifs is 1. The minimum Gasteiger partial charge on any atom is -0.380 e. The van der Waals surface area contributed by atoms with Crippen LogP contribution in [-0.2, 0) is 16.1 Å². The lowest BCUT2D eigenvalue weighted by Crippen LogP contribution is -2.30. The zero-order valence-corrected chi connectivity index (χ0v) is 17.6. The molecule has 2 aromatic rings. The van der Waals surface area contributed by atoms with Gasteiger partial charge in [0.15, 0.2) is 10.8 Å². The molecule has 2 aromatic heterocycles. The Morgan fingerprint density at radius 3 is 2.70 bits per heavy atom. The van der Waals surface area contributed by atoms with Gasteiger partial charge in [-0.1, -0.05) is 39.5 Å². The smallest absolute Gasteiger partial charge is 0.222 e. The molecule has 0 aliphatic carbocycles. The Labute approximate surface area is 164 Å². The van der Waals surface area contributed by atoms with Crippen molar-refractivity contribution < 1.29 is 9.53 Å². The third kappa shape index (κ3) is 6.35. The van der Waals surface area contributed by atoms with Gasteiger partial charge in [-0.2, -0.15) is 5.10 Å². The summed E-state index contributed by atoms with van der Waals surface area (Å²) in [6.07, 6.45) is 1.77. The third-order valence-corrected chi connectivity index (χ3v) is 4.57. The van der Waals surface area contributed by atoms with Gasteiger partial charge in [-0.3, -0.25) is 4.79 Å². The van der Waals surface area contributed by atoms with E-state index in [9.17, 15) is 4.79 Å². The number of hydrogen-bond acceptors (Lipinski definition) is 7. The number of nitrogens with one attached hydrogen (secondary N) is 2. The first kappa shape index (κ1) is 21.4. The largest absolute Gasteiger partial charge is 0.380 e. The number of nitrogens with zero attached hydrogens (tertiary/aromatic N) is 4. The molecule has 0 atom stereocenters. The number of hydrogen-bond donors (Lipinski definition) is 2. The van der Waals surface area contributed by atoms with Gasteiger partial charge in [0, 0.05) is 30.9 Å². The van der Waals surface area contributed by atoms with Crippen molar-refractivity contribution in [2.24, 2.45) is 5.92 Å². The van der Waals surface area contributed by atoms with Crippen LogP contribution in [0.5, 0.6) is 0 Å². The van der Waals surface area contributed by atoms with Crippen LogP contribution in [-0.4, -0.2) is 57.2 Å². The molecule has 8 nitrogen and oxygen atoms in total. The Balaban J connectivity index is 2.19. The van der Waals surface area contributed by atoms with Gasteiger partial charge in [-0.05, 0) is 6.92 Å². The lowest BCUT2D eigenvalue weighted by atomic mass is 10.2. The summed E-state index contributed by atoms with van der Waals surface area (Å²) in [7, 11) is 0. The highest BCUT2D eigenvalue weighted by molar-refractivity contribution is 7.99. The van der Waals surface area contributed by atoms with Crippen LogP contribution in [0, 0.1) is 5.92 Å². The van der Waals surface area contributed by atoms with Crippen LogP contribution in [0.1, 0.15) is 34.6 Å². The molecule has 0 radical (unpaired) electrons. The van der Waals surface area contributed by atoms with Crippen LogP contribution in [0.25, 0.3) is 11.0 Å². The molecule has 0 saturated heterocycles. The first-order chi connectivity index (χ1) is 12.9. The molecule has 2 rings (SSSR count). The first-order valence-corrected chi connectivity index (χ1v) is 10.3. The van der Waals surface area contributed by atoms with Gasteiger partial charge in [0.2, 0.25) is 5.91 Å². The molecular formula is C18H30N6O2S. The van der Waals surface area contributed by atoms with E-state index in [1.54, 1.807) is 18.0 Å². The van der Waals surface area contributed by atoms with E-state index in [1.807, 2.05) is 25.5 Å². The number of rotatable bonds is 11. The molecule has 0 spiro atoms. The predicted molar refractivity (Wildman–Crippen MR) is 109 cm³/mol. The van der Waals surface area contributed by atoms with Crippen molar-refractivity contribution >= 4 is 34.5 Å². The van der Waals surface area contributed by atoms with Crippen LogP contribution < -0.4 is 10.6 Å². The topological polar surface area (TPSA) is 94.0 Å². The van der Waals surface area contributed by atoms with E-state index in [1.165, 1.54) is 0 Å². The van der Waals surface area contributed by atoms with E-state index >= 15 is 0 Å². The molecule has 0 aliphatic heterocycles. The minimum absolute atomic E-state index is 0.0307. The Morgan fingerprint density at radius 1 is 1.26 bits per heavy atom. The van der Waals surface area contributed by atoms with Gasteiger partial charge in [-0.15, -0.1) is 0 Å². The monoisotopic (exact) mass is 394 g/mol. The summed E-state index contributed by atoms with van der Waals surface area (Å²) in [5.74, 6) is 0.771. The molecule has 0 fully saturated rings. The molecule has 0 aliphatic rings. The maximum Gasteiger partial charge on any atom is 0.222 e. The van der Waals surface area contributed by atoms with E-state index in [0.29, 0.717) is 43.3 Å². The summed E-state index contributed by atoms with van der Waals surface area (Å²) in [6, 6.07) is 0. The van der Waals surface area contributed by atoms with Crippen LogP contribution in [0.15, 0.2) is 11.4 Å². The minimum atomic E-state index is -0.0307. The van der Waals surface area contributed by atoms with Crippen LogP contribution in [0.3, 0.4) is 0 Å². The van der Waals surface area contributed by atoms with Crippen molar-refractivity contribution in [2.45, 2.75) is 51.6 Å². The summed E-state index contributed by atoms with van der Waals surface area (Å²) >= 11 is 1.61. The second-order valence-corrected chi connectivity index (χ2v) is 8.24. The summed E-state index contributed by atoms with van der Waals surface area (Å²) < 4.78 is 7.21. The molecule has 0 bridgehead atoms. The van der Waals surface area contributed by atoms with Gasteiger partial charge in [0.25, 0.3) is 0 Å². The van der Waals surface area contributed by atoms with Crippen molar-refractivity contribution in [2.75, 3.05) is 31.6 Å². The van der Waals surface area contributed by atoms with Crippen molar-refractivity contribution in [3.8, 4) is 0 Å². The van der Waals surface area contributed by atoms with E-state index < -0.39 is 0 Å². The molecule has 0 aromatic carbocycles. The third-order valence-electron chi connectivity index (χ3n) is 3.71. The van der Waals surface area contributed by atoms with Gasteiger partial charge in [0.05, 0.1) is 24.7 Å². The SMILES string of the molecule is CCOCCNc1nc(SC(C)C)nc2c1cnn2CCNC(=O)C(C)C. The quantitative estimate of drug-likeness (QED) is 0.344. The lowest BCUT2D eigenvalue weighted by molar-refractivity contribution is -0.124. The standard InChI is InChI=1S/C18H30N6O2S/c1-6-26-10-8-19-15-14-11-21-24(9-7-20-17(25)12(2)3)16(14)23-18(22-15)27-13(4)5/h11-13H,6-10H2,1-5H3,(H,20,25)(H,19,22,23). The first-order valence-electron chi connectivity index (χ1n) is 9.41. The van der Waals surface area contributed by atoms with Gasteiger partial charge >= 0.3 is 0 Å². The number of carbonyl (C=O) groups excluding carboxylic acids is 1. The number of ether oxygens (including phenoxy) is 1. The number of anilines is 1. The molecule has 1 amide bonds. The average Bonchev–Trinajstić information content (AvgIpc) is 3.01. The van der Waals surface area contributed by atoms with Gasteiger partial charge in [-0.25, -0.2) is 14.6 Å². The average molecular weight is 395 g/mol. The maximum absolute atomic E-state index is 11.7. The fourth-order valence-corrected chi connectivity index (χ4v) is 3.08. The number of carbonyl (C=O) groups is 1. The highest BCUT2D eigenvalue weighted by Gasteiger charge is 2.14. The van der Waals surface area contributed by atoms with Crippen molar-refractivity contribution in [3.05, 3.63) is 6.20 Å². The molecule has 27 heavy (non-hydrogen) atoms. The second-order valence-electron chi connectivity index (χ2n) is 6.70. The molecule has 150 valence electrons. The zero-order valence-electron chi connectivity index (χ0n) is 16.8. The second kappa shape index (κ2) is 10.5. The Morgan fingerprint density at radius 2 is 2.04 bits per heavy atom. The normalized spacial score (nSPS) is 11.5. The molecule has 9 heteroatoms. The van der Waals surface area contributed by atoms with Crippen molar-refractivity contribution in [1.82, 2.24) is 25.1 Å². The number of aromatic nitrogens is 4. The summed E-state index contributed by atoms with van der Waals surface area (Å²) in [6.45, 7) is 13.0. The fourth-order valence-electron chi connectivity index (χ4n) is 2.37. The molecular weight excluding hydrogens is 364 g/mol. The Bertz CT molecular complexity index is 747. The fraction of sp³-hybridized carbons (Fsp3) is 0.667. The van der Waals surface area contributed by atoms with E-state index in [-0.39, 0.29) is 11.8 Å². The summed E-state index contributed by atoms with van der Waals surface area (Å²) in [5, 5.41) is 12.6. The van der Waals surface area contributed by atoms with E-state index in [4.69, 9.17) is 4.74 Å². The molecule has 0 unspecified atom stereocenters. The molecule has 0 saturated carbocycles. The molecule has 2 N–H and O–H groups in total. The van der Waals surface area contributed by atoms with Crippen LogP contribution >= 0.6 is 11.8 Å². The highest BCUT2D eigenvalue weighted by Crippen LogP contribution is 2.26. The van der Waals surface area contributed by atoms with Crippen LogP contribution in [0.4, 0.5) is 5.82 Å². The highest BCUT2D eigenvalue weighted by atomic mass is 32.2. The predicted octanol–water partition coefficient (Wildman–Crippen LogP) is 2.55. The number of amides is 1. The maximum atomic E-state index is 11.7. The van der Waals surface area contributed by atoms with E-state index in [2.05, 4.69) is 39.5 Å². The molecule has 2 heterocycles. The Kier molecular flexibility index (Phi) is 8.30. The van der Waals surface area contributed by atoms with Gasteiger partial charge in [0.1, 0.15) is 5.82 Å². The van der Waals surface area contributed by atoms with E-state index in [0.717, 1.165) is 16.9 Å². The zero-order chi connectivity index (χ0) is 19.8. The van der Waals surface area contributed by atoms with Gasteiger partial charge < -0.3 is 15.4 Å².